The largest absolute Gasteiger partial charge is 0.376 e. The van der Waals surface area contributed by atoms with Gasteiger partial charge in [-0.15, -0.1) is 0 Å². The zero-order valence-corrected chi connectivity index (χ0v) is 12.7. The summed E-state index contributed by atoms with van der Waals surface area (Å²) in [5.74, 6) is 0.0888. The fourth-order valence-electron chi connectivity index (χ4n) is 2.14. The van der Waals surface area contributed by atoms with Crippen LogP contribution in [-0.2, 0) is 11.3 Å². The lowest BCUT2D eigenvalue weighted by Gasteiger charge is -2.27. The van der Waals surface area contributed by atoms with Crippen LogP contribution in [0.2, 0.25) is 0 Å². The number of carbonyl (C=O) groups is 1. The number of carbonyl (C=O) groups excluding carboxylic acids is 1. The van der Waals surface area contributed by atoms with Crippen molar-refractivity contribution < 1.29 is 13.9 Å². The minimum absolute atomic E-state index is 0.150. The molecule has 1 aromatic heterocycles. The topological polar surface area (TPSA) is 44.1 Å². The van der Waals surface area contributed by atoms with E-state index < -0.39 is 0 Å². The molecule has 0 N–H and O–H groups in total. The maximum atomic E-state index is 13.0. The predicted octanol–water partition coefficient (Wildman–Crippen LogP) is 2.90. The molecule has 0 unspecified atom stereocenters. The summed E-state index contributed by atoms with van der Waals surface area (Å²) in [5.41, 5.74) is 1.50. The number of aldehydes is 1. The summed E-state index contributed by atoms with van der Waals surface area (Å²) < 4.78 is 21.1. The molecule has 4 nitrogen and oxygen atoms in total. The second-order valence-electron chi connectivity index (χ2n) is 4.63. The third-order valence-corrected chi connectivity index (χ3v) is 4.43. The molecular formula is C14H12FIN2O2. The summed E-state index contributed by atoms with van der Waals surface area (Å²) in [7, 11) is 0. The normalized spacial score (nSPS) is 17.8. The highest BCUT2D eigenvalue weighted by Crippen LogP contribution is 2.27. The predicted molar refractivity (Wildman–Crippen MR) is 80.1 cm³/mol. The van der Waals surface area contributed by atoms with Crippen LogP contribution in [0.5, 0.6) is 0 Å². The zero-order valence-electron chi connectivity index (χ0n) is 10.6. The molecule has 3 rings (SSSR count). The highest BCUT2D eigenvalue weighted by atomic mass is 127. The van der Waals surface area contributed by atoms with Crippen LogP contribution in [0.1, 0.15) is 17.0 Å². The Morgan fingerprint density at radius 1 is 1.45 bits per heavy atom. The Hall–Kier alpha value is -1.28. The van der Waals surface area contributed by atoms with E-state index in [1.54, 1.807) is 12.1 Å². The van der Waals surface area contributed by atoms with Gasteiger partial charge in [0.1, 0.15) is 15.2 Å². The van der Waals surface area contributed by atoms with Crippen LogP contribution in [0.3, 0.4) is 0 Å². The van der Waals surface area contributed by atoms with Gasteiger partial charge in [-0.05, 0) is 53.3 Å². The third-order valence-electron chi connectivity index (χ3n) is 3.34. The van der Waals surface area contributed by atoms with Crippen LogP contribution < -0.4 is 0 Å². The molecule has 20 heavy (non-hydrogen) atoms. The molecule has 0 amide bonds. The highest BCUT2D eigenvalue weighted by Gasteiger charge is 2.23. The van der Waals surface area contributed by atoms with Crippen molar-refractivity contribution in [1.29, 1.82) is 0 Å². The smallest absolute Gasteiger partial charge is 0.185 e. The van der Waals surface area contributed by atoms with Gasteiger partial charge in [-0.2, -0.15) is 0 Å². The van der Waals surface area contributed by atoms with E-state index in [2.05, 4.69) is 27.6 Å². The summed E-state index contributed by atoms with van der Waals surface area (Å²) in [6.45, 7) is 1.40. The summed E-state index contributed by atoms with van der Waals surface area (Å²) in [6, 6.07) is 6.11. The number of ether oxygens (including phenoxy) is 1. The summed E-state index contributed by atoms with van der Waals surface area (Å²) in [5, 5.41) is 0. The molecule has 2 heterocycles. The lowest BCUT2D eigenvalue weighted by Crippen LogP contribution is -2.32. The van der Waals surface area contributed by atoms with Crippen LogP contribution in [0.15, 0.2) is 24.3 Å². The molecule has 0 bridgehead atoms. The first kappa shape index (κ1) is 13.7. The fourth-order valence-corrected chi connectivity index (χ4v) is 3.01. The first-order chi connectivity index (χ1) is 9.69. The fraction of sp³-hybridized carbons (Fsp3) is 0.286. The van der Waals surface area contributed by atoms with Gasteiger partial charge in [0.15, 0.2) is 12.1 Å². The van der Waals surface area contributed by atoms with Gasteiger partial charge in [-0.25, -0.2) is 9.37 Å². The van der Waals surface area contributed by atoms with Crippen molar-refractivity contribution in [3.8, 4) is 11.3 Å². The van der Waals surface area contributed by atoms with E-state index in [0.717, 1.165) is 28.6 Å². The third kappa shape index (κ3) is 2.49. The summed E-state index contributed by atoms with van der Waals surface area (Å²) in [6.07, 6.45) is 1.89. The summed E-state index contributed by atoms with van der Waals surface area (Å²) in [4.78, 5) is 15.5. The van der Waals surface area contributed by atoms with Gasteiger partial charge in [0.25, 0.3) is 0 Å². The quantitative estimate of drug-likeness (QED) is 0.600. The first-order valence-electron chi connectivity index (χ1n) is 6.28. The molecule has 1 atom stereocenters. The van der Waals surface area contributed by atoms with Gasteiger partial charge in [-0.1, -0.05) is 0 Å². The molecule has 1 fully saturated rings. The molecule has 0 radical (unpaired) electrons. The van der Waals surface area contributed by atoms with Crippen molar-refractivity contribution in [1.82, 2.24) is 9.55 Å². The number of rotatable bonds is 4. The standard InChI is InChI=1S/C14H12FIN2O2/c15-10-3-1-9(2-4-10)13-14(16)18(12(8-19)17-13)7-11-5-6-20-11/h1-4,8,11H,5-7H2/t11-/m0/s1. The molecule has 0 saturated carbocycles. The second kappa shape index (κ2) is 5.61. The Balaban J connectivity index is 1.98. The van der Waals surface area contributed by atoms with Crippen LogP contribution in [0, 0.1) is 9.52 Å². The number of imidazole rings is 1. The van der Waals surface area contributed by atoms with Crippen molar-refractivity contribution >= 4 is 28.9 Å². The Bertz CT molecular complexity index is 635. The van der Waals surface area contributed by atoms with E-state index in [4.69, 9.17) is 4.74 Å². The highest BCUT2D eigenvalue weighted by molar-refractivity contribution is 14.1. The van der Waals surface area contributed by atoms with E-state index in [1.807, 2.05) is 4.57 Å². The van der Waals surface area contributed by atoms with Crippen molar-refractivity contribution in [2.45, 2.75) is 19.1 Å². The van der Waals surface area contributed by atoms with E-state index >= 15 is 0 Å². The van der Waals surface area contributed by atoms with E-state index in [9.17, 15) is 9.18 Å². The van der Waals surface area contributed by atoms with Crippen LogP contribution in [0.4, 0.5) is 4.39 Å². The Kier molecular flexibility index (Phi) is 3.84. The monoisotopic (exact) mass is 386 g/mol. The van der Waals surface area contributed by atoms with E-state index in [1.165, 1.54) is 12.1 Å². The van der Waals surface area contributed by atoms with Gasteiger partial charge in [-0.3, -0.25) is 4.79 Å². The Morgan fingerprint density at radius 2 is 2.15 bits per heavy atom. The number of benzene rings is 1. The van der Waals surface area contributed by atoms with Gasteiger partial charge in [0.2, 0.25) is 0 Å². The molecule has 1 aliphatic heterocycles. The number of hydrogen-bond acceptors (Lipinski definition) is 3. The minimum Gasteiger partial charge on any atom is -0.376 e. The van der Waals surface area contributed by atoms with Gasteiger partial charge >= 0.3 is 0 Å². The van der Waals surface area contributed by atoms with Crippen LogP contribution >= 0.6 is 22.6 Å². The molecule has 2 aromatic rings. The zero-order chi connectivity index (χ0) is 14.1. The number of nitrogens with zero attached hydrogens (tertiary/aromatic N) is 2. The lowest BCUT2D eigenvalue weighted by molar-refractivity contribution is -0.0596. The van der Waals surface area contributed by atoms with Gasteiger partial charge in [0.05, 0.1) is 12.6 Å². The van der Waals surface area contributed by atoms with Gasteiger partial charge < -0.3 is 9.30 Å². The van der Waals surface area contributed by atoms with E-state index in [-0.39, 0.29) is 11.9 Å². The van der Waals surface area contributed by atoms with Crippen molar-refractivity contribution in [3.63, 3.8) is 0 Å². The molecule has 1 aliphatic rings. The lowest BCUT2D eigenvalue weighted by atomic mass is 10.1. The molecule has 0 spiro atoms. The molecule has 0 aliphatic carbocycles. The van der Waals surface area contributed by atoms with Crippen LogP contribution in [-0.4, -0.2) is 28.5 Å². The second-order valence-corrected chi connectivity index (χ2v) is 5.65. The van der Waals surface area contributed by atoms with Crippen molar-refractivity contribution in [2.75, 3.05) is 6.61 Å². The minimum atomic E-state index is -0.290. The van der Waals surface area contributed by atoms with Crippen molar-refractivity contribution in [2.24, 2.45) is 0 Å². The molecular weight excluding hydrogens is 374 g/mol. The van der Waals surface area contributed by atoms with Crippen molar-refractivity contribution in [3.05, 3.63) is 39.6 Å². The SMILES string of the molecule is O=Cc1nc(-c2ccc(F)cc2)c(I)n1C[C@@H]1CCO1. The van der Waals surface area contributed by atoms with E-state index in [0.29, 0.717) is 18.1 Å². The first-order valence-corrected chi connectivity index (χ1v) is 7.35. The summed E-state index contributed by atoms with van der Waals surface area (Å²) >= 11 is 2.16. The molecule has 104 valence electrons. The molecule has 6 heteroatoms. The number of halogens is 2. The average molecular weight is 386 g/mol. The number of aromatic nitrogens is 2. The maximum absolute atomic E-state index is 13.0. The maximum Gasteiger partial charge on any atom is 0.185 e. The Morgan fingerprint density at radius 3 is 2.70 bits per heavy atom. The van der Waals surface area contributed by atoms with Crippen LogP contribution in [0.25, 0.3) is 11.3 Å². The Labute approximate surface area is 129 Å². The molecule has 1 saturated heterocycles. The average Bonchev–Trinajstić information content (AvgIpc) is 2.72. The molecule has 1 aromatic carbocycles. The van der Waals surface area contributed by atoms with Gasteiger partial charge in [0, 0.05) is 12.2 Å². The number of hydrogen-bond donors (Lipinski definition) is 0.